The molecule has 1 aromatic carbocycles. The van der Waals surface area contributed by atoms with E-state index in [1.54, 1.807) is 29.2 Å². The fourth-order valence-corrected chi connectivity index (χ4v) is 4.01. The van der Waals surface area contributed by atoms with Crippen molar-refractivity contribution in [1.82, 2.24) is 9.80 Å². The van der Waals surface area contributed by atoms with Crippen molar-refractivity contribution in [2.75, 3.05) is 19.7 Å². The number of furan rings is 1. The van der Waals surface area contributed by atoms with E-state index in [2.05, 4.69) is 0 Å². The zero-order valence-electron chi connectivity index (χ0n) is 16.0. The normalized spacial score (nSPS) is 20.8. The van der Waals surface area contributed by atoms with Gasteiger partial charge in [-0.15, -0.1) is 0 Å². The van der Waals surface area contributed by atoms with E-state index in [0.717, 1.165) is 5.56 Å². The highest BCUT2D eigenvalue weighted by molar-refractivity contribution is 5.97. The number of rotatable bonds is 3. The standard InChI is InChI=1S/C21H22N2O6/c1-14-4-6-15(7-5-14)18(24)23-16(20(26)27)13-29-21(23)8-10-22(11-9-21)19(25)17-3-2-12-28-17/h2-7,12,16H,8-11,13H2,1H3,(H,26,27)/t16-/m1/s1. The molecule has 2 aliphatic rings. The first kappa shape index (κ1) is 19.2. The quantitative estimate of drug-likeness (QED) is 0.850. The van der Waals surface area contributed by atoms with Gasteiger partial charge in [-0.2, -0.15) is 0 Å². The van der Waals surface area contributed by atoms with Crippen molar-refractivity contribution < 1.29 is 28.6 Å². The van der Waals surface area contributed by atoms with Crippen molar-refractivity contribution in [1.29, 1.82) is 0 Å². The molecular formula is C21H22N2O6. The molecule has 29 heavy (non-hydrogen) atoms. The second-order valence-corrected chi connectivity index (χ2v) is 7.42. The summed E-state index contributed by atoms with van der Waals surface area (Å²) in [6.45, 7) is 2.52. The maximum absolute atomic E-state index is 13.2. The van der Waals surface area contributed by atoms with E-state index >= 15 is 0 Å². The summed E-state index contributed by atoms with van der Waals surface area (Å²) in [6.07, 6.45) is 2.11. The third-order valence-electron chi connectivity index (χ3n) is 5.63. The second-order valence-electron chi connectivity index (χ2n) is 7.42. The number of likely N-dealkylation sites (tertiary alicyclic amines) is 1. The Labute approximate surface area is 167 Å². The Morgan fingerprint density at radius 1 is 1.07 bits per heavy atom. The van der Waals surface area contributed by atoms with Gasteiger partial charge in [-0.1, -0.05) is 17.7 Å². The molecule has 2 aliphatic heterocycles. The lowest BCUT2D eigenvalue weighted by atomic mass is 9.96. The minimum absolute atomic E-state index is 0.0704. The molecule has 0 aliphatic carbocycles. The Hall–Kier alpha value is -3.13. The van der Waals surface area contributed by atoms with Crippen LogP contribution in [0.1, 0.15) is 39.3 Å². The Kier molecular flexibility index (Phi) is 4.87. The summed E-state index contributed by atoms with van der Waals surface area (Å²) < 4.78 is 11.1. The van der Waals surface area contributed by atoms with Gasteiger partial charge in [0.1, 0.15) is 5.72 Å². The number of aryl methyl sites for hydroxylation is 1. The largest absolute Gasteiger partial charge is 0.480 e. The first-order valence-electron chi connectivity index (χ1n) is 9.51. The molecule has 3 heterocycles. The number of piperidine rings is 1. The van der Waals surface area contributed by atoms with Crippen LogP contribution in [0.3, 0.4) is 0 Å². The van der Waals surface area contributed by atoms with E-state index in [1.165, 1.54) is 11.2 Å². The van der Waals surface area contributed by atoms with Crippen LogP contribution in [-0.2, 0) is 9.53 Å². The minimum atomic E-state index is -1.10. The molecule has 152 valence electrons. The van der Waals surface area contributed by atoms with E-state index < -0.39 is 17.7 Å². The molecule has 2 aromatic rings. The van der Waals surface area contributed by atoms with Gasteiger partial charge in [0.05, 0.1) is 12.9 Å². The molecule has 0 radical (unpaired) electrons. The lowest BCUT2D eigenvalue weighted by Gasteiger charge is -2.44. The van der Waals surface area contributed by atoms with Crippen molar-refractivity contribution in [3.63, 3.8) is 0 Å². The van der Waals surface area contributed by atoms with Crippen LogP contribution in [0.25, 0.3) is 0 Å². The Bertz CT molecular complexity index is 913. The Morgan fingerprint density at radius 2 is 1.76 bits per heavy atom. The molecule has 1 aromatic heterocycles. The average molecular weight is 398 g/mol. The van der Waals surface area contributed by atoms with E-state index in [9.17, 15) is 19.5 Å². The topological polar surface area (TPSA) is 100 Å². The summed E-state index contributed by atoms with van der Waals surface area (Å²) in [6, 6.07) is 9.21. The molecule has 0 saturated carbocycles. The van der Waals surface area contributed by atoms with Crippen LogP contribution in [-0.4, -0.2) is 64.2 Å². The highest BCUT2D eigenvalue weighted by Gasteiger charge is 2.54. The van der Waals surface area contributed by atoms with Gasteiger partial charge in [-0.05, 0) is 31.2 Å². The van der Waals surface area contributed by atoms with Crippen molar-refractivity contribution in [3.05, 3.63) is 59.5 Å². The number of carboxylic acid groups (broad SMARTS) is 1. The van der Waals surface area contributed by atoms with Gasteiger partial charge in [0.2, 0.25) is 0 Å². The van der Waals surface area contributed by atoms with Crippen LogP contribution in [0.2, 0.25) is 0 Å². The van der Waals surface area contributed by atoms with Crippen molar-refractivity contribution in [2.45, 2.75) is 31.5 Å². The number of amides is 2. The van der Waals surface area contributed by atoms with Crippen LogP contribution in [0, 0.1) is 6.92 Å². The van der Waals surface area contributed by atoms with Crippen LogP contribution >= 0.6 is 0 Å². The number of carbonyl (C=O) groups excluding carboxylic acids is 2. The summed E-state index contributed by atoms with van der Waals surface area (Å²) in [4.78, 5) is 40.6. The van der Waals surface area contributed by atoms with Crippen LogP contribution in [0.5, 0.6) is 0 Å². The van der Waals surface area contributed by atoms with Gasteiger partial charge >= 0.3 is 5.97 Å². The number of aliphatic carboxylic acids is 1. The van der Waals surface area contributed by atoms with Crippen LogP contribution in [0.15, 0.2) is 47.1 Å². The van der Waals surface area contributed by atoms with E-state index in [0.29, 0.717) is 31.5 Å². The Morgan fingerprint density at radius 3 is 2.34 bits per heavy atom. The lowest BCUT2D eigenvalue weighted by molar-refractivity contribution is -0.143. The van der Waals surface area contributed by atoms with E-state index in [-0.39, 0.29) is 24.2 Å². The zero-order chi connectivity index (χ0) is 20.6. The molecule has 8 nitrogen and oxygen atoms in total. The van der Waals surface area contributed by atoms with Crippen molar-refractivity contribution >= 4 is 17.8 Å². The molecule has 0 unspecified atom stereocenters. The minimum Gasteiger partial charge on any atom is -0.480 e. The van der Waals surface area contributed by atoms with Crippen LogP contribution in [0.4, 0.5) is 0 Å². The molecule has 4 rings (SSSR count). The smallest absolute Gasteiger partial charge is 0.328 e. The molecule has 2 saturated heterocycles. The van der Waals surface area contributed by atoms with Gasteiger partial charge in [0.25, 0.3) is 11.8 Å². The van der Waals surface area contributed by atoms with E-state index in [4.69, 9.17) is 9.15 Å². The number of nitrogens with zero attached hydrogens (tertiary/aromatic N) is 2. The zero-order valence-corrected chi connectivity index (χ0v) is 16.0. The molecule has 1 N–H and O–H groups in total. The fourth-order valence-electron chi connectivity index (χ4n) is 4.01. The summed E-state index contributed by atoms with van der Waals surface area (Å²) in [5, 5.41) is 9.65. The van der Waals surface area contributed by atoms with Crippen LogP contribution < -0.4 is 0 Å². The van der Waals surface area contributed by atoms with Crippen molar-refractivity contribution in [3.8, 4) is 0 Å². The summed E-state index contributed by atoms with van der Waals surface area (Å²) in [5.41, 5.74) is 0.389. The summed E-state index contributed by atoms with van der Waals surface area (Å²) >= 11 is 0. The third kappa shape index (κ3) is 3.40. The monoisotopic (exact) mass is 398 g/mol. The maximum Gasteiger partial charge on any atom is 0.328 e. The molecule has 1 spiro atoms. The average Bonchev–Trinajstić information content (AvgIpc) is 3.37. The van der Waals surface area contributed by atoms with Gasteiger partial charge in [0, 0.05) is 31.5 Å². The molecular weight excluding hydrogens is 376 g/mol. The summed E-state index contributed by atoms with van der Waals surface area (Å²) in [5.74, 6) is -1.45. The van der Waals surface area contributed by atoms with Gasteiger partial charge in [0.15, 0.2) is 11.8 Å². The molecule has 2 amide bonds. The first-order valence-corrected chi connectivity index (χ1v) is 9.51. The summed E-state index contributed by atoms with van der Waals surface area (Å²) in [7, 11) is 0. The SMILES string of the molecule is Cc1ccc(C(=O)N2[C@@H](C(=O)O)COC23CCN(C(=O)c2ccco2)CC3)cc1. The second kappa shape index (κ2) is 7.36. The third-order valence-corrected chi connectivity index (χ3v) is 5.63. The highest BCUT2D eigenvalue weighted by atomic mass is 16.5. The first-order chi connectivity index (χ1) is 13.9. The number of hydrogen-bond donors (Lipinski definition) is 1. The number of carboxylic acids is 1. The predicted octanol–water partition coefficient (Wildman–Crippen LogP) is 2.15. The molecule has 2 fully saturated rings. The van der Waals surface area contributed by atoms with Gasteiger partial charge < -0.3 is 19.2 Å². The lowest BCUT2D eigenvalue weighted by Crippen LogP contribution is -2.58. The Balaban J connectivity index is 1.57. The molecule has 0 bridgehead atoms. The number of benzene rings is 1. The number of ether oxygens (including phenoxy) is 1. The predicted molar refractivity (Wildman–Crippen MR) is 101 cm³/mol. The maximum atomic E-state index is 13.2. The van der Waals surface area contributed by atoms with Gasteiger partial charge in [-0.25, -0.2) is 4.79 Å². The fraction of sp³-hybridized carbons (Fsp3) is 0.381. The number of carbonyl (C=O) groups is 3. The van der Waals surface area contributed by atoms with E-state index in [1.807, 2.05) is 19.1 Å². The molecule has 1 atom stereocenters. The number of hydrogen-bond acceptors (Lipinski definition) is 5. The van der Waals surface area contributed by atoms with Gasteiger partial charge in [-0.3, -0.25) is 14.5 Å². The highest BCUT2D eigenvalue weighted by Crippen LogP contribution is 2.38. The van der Waals surface area contributed by atoms with Crippen molar-refractivity contribution in [2.24, 2.45) is 0 Å². The molecule has 8 heteroatoms.